The fourth-order valence-corrected chi connectivity index (χ4v) is 14.4. The van der Waals surface area contributed by atoms with Crippen LogP contribution in [0.2, 0.25) is 0 Å². The molecule has 16 N–H and O–H groups in total. The summed E-state index contributed by atoms with van der Waals surface area (Å²) in [6.07, 6.45) is -5.63. The Bertz CT molecular complexity index is 3540. The molecule has 1 unspecified atom stereocenters. The number of amides is 7. The van der Waals surface area contributed by atoms with Crippen molar-refractivity contribution >= 4 is 65.0 Å². The summed E-state index contributed by atoms with van der Waals surface area (Å²) >= 11 is 0.0702. The Hall–Kier alpha value is -8.04. The average molecular weight is 1520 g/mol. The average Bonchev–Trinajstić information content (AvgIpc) is 1.73. The summed E-state index contributed by atoms with van der Waals surface area (Å²) < 4.78 is 21.0. The minimum absolute atomic E-state index is 0.0591. The number of unbranched alkanes of at least 4 members (excludes halogenated alkanes) is 3. The number of carbonyl (C=O) groups excluding carboxylic acids is 7. The van der Waals surface area contributed by atoms with Crippen LogP contribution in [0.4, 0.5) is 11.4 Å². The van der Waals surface area contributed by atoms with Crippen LogP contribution >= 0.6 is 12.3 Å². The molecule has 13 atom stereocenters. The van der Waals surface area contributed by atoms with Crippen molar-refractivity contribution in [2.24, 2.45) is 5.92 Å². The van der Waals surface area contributed by atoms with Crippen LogP contribution in [0.3, 0.4) is 0 Å². The molecule has 7 amide bonds. The van der Waals surface area contributed by atoms with Gasteiger partial charge in [-0.25, -0.2) is 5.26 Å². The van der Waals surface area contributed by atoms with E-state index in [1.165, 1.54) is 50.5 Å². The van der Waals surface area contributed by atoms with Gasteiger partial charge in [-0.2, -0.15) is 0 Å². The van der Waals surface area contributed by atoms with Gasteiger partial charge < -0.3 is 116 Å². The van der Waals surface area contributed by atoms with Crippen LogP contribution in [0.15, 0.2) is 91.0 Å². The van der Waals surface area contributed by atoms with Crippen LogP contribution in [-0.4, -0.2) is 291 Å². The number of carbonyl (C=O) groups is 7. The molecule has 5 fully saturated rings. The van der Waals surface area contributed by atoms with Gasteiger partial charge in [-0.15, -0.1) is 0 Å². The highest BCUT2D eigenvalue weighted by Gasteiger charge is 2.50. The number of rotatable bonds is 29. The van der Waals surface area contributed by atoms with Crippen molar-refractivity contribution in [2.45, 2.75) is 163 Å². The SMILES string of the molecule is COCCCCCCN1CCC(Oc2ccc(N3CCN(c4ccc(-c5ccc(C(=O)NC6C[C@@H](O)CNC(=O)[C@@H]7[C@@H](O)[C@@H](C)CN7C(=O)[C@H]([C@H](O)CCNC(CO)CO)NC(=O)[C@H]([C@H](O)Cc7ccc(O)c(OSOOO)c7)NC(=O)[C@@H]7C[C@@H](O)CN7C(=O)[C@H]([C@@H](C)O)NC6=O)cc5)cc4)CC3)cc2)CC1. The van der Waals surface area contributed by atoms with Gasteiger partial charge in [0.1, 0.15) is 48.1 Å². The van der Waals surface area contributed by atoms with E-state index in [-0.39, 0.29) is 48.4 Å². The van der Waals surface area contributed by atoms with E-state index in [4.69, 9.17) is 18.9 Å². The summed E-state index contributed by atoms with van der Waals surface area (Å²) in [6, 6.07) is 14.1. The maximum absolute atomic E-state index is 15.0. The van der Waals surface area contributed by atoms with Gasteiger partial charge in [-0.1, -0.05) is 59.5 Å². The lowest BCUT2D eigenvalue weighted by atomic mass is 9.98. The van der Waals surface area contributed by atoms with Crippen molar-refractivity contribution in [3.8, 4) is 28.4 Å². The molecule has 0 aromatic heterocycles. The second-order valence-corrected chi connectivity index (χ2v) is 28.5. The first-order valence-corrected chi connectivity index (χ1v) is 37.1. The molecule has 5 aliphatic rings. The van der Waals surface area contributed by atoms with E-state index in [1.54, 1.807) is 19.2 Å². The van der Waals surface area contributed by atoms with Gasteiger partial charge in [-0.05, 0) is 129 Å². The number of phenols is 1. The quantitative estimate of drug-likeness (QED) is 0.0135. The highest BCUT2D eigenvalue weighted by molar-refractivity contribution is 7.90. The number of phenolic OH excluding ortho intramolecular Hbond substituents is 1. The number of piperazine rings is 1. The van der Waals surface area contributed by atoms with Gasteiger partial charge in [0.2, 0.25) is 35.4 Å². The number of methoxy groups -OCH3 is 1. The zero-order chi connectivity index (χ0) is 76.8. The third-order valence-electron chi connectivity index (χ3n) is 20.3. The van der Waals surface area contributed by atoms with E-state index in [9.17, 15) is 74.7 Å². The maximum atomic E-state index is 15.0. The first-order chi connectivity index (χ1) is 51.5. The summed E-state index contributed by atoms with van der Waals surface area (Å²) in [6.45, 7) is 6.98. The molecule has 5 saturated heterocycles. The molecule has 0 radical (unpaired) electrons. The summed E-state index contributed by atoms with van der Waals surface area (Å²) in [5.74, 6) is -8.64. The number of β-amino-alcohol motifs (C(OH)–C–C–N with tert-alkyl or cyclic N) is 1. The minimum Gasteiger partial charge on any atom is -0.504 e. The number of nitrogens with zero attached hydrogens (tertiary/aromatic N) is 5. The van der Waals surface area contributed by atoms with E-state index < -0.39 is 184 Å². The second-order valence-electron chi connectivity index (χ2n) is 28.1. The fraction of sp³-hybridized carbons (Fsp3) is 0.575. The molecule has 4 aromatic carbocycles. The molecule has 34 heteroatoms. The summed E-state index contributed by atoms with van der Waals surface area (Å²) in [4.78, 5) is 112. The van der Waals surface area contributed by atoms with Crippen LogP contribution in [0.25, 0.3) is 11.1 Å². The lowest BCUT2D eigenvalue weighted by molar-refractivity contribution is -0.433. The molecule has 0 spiro atoms. The summed E-state index contributed by atoms with van der Waals surface area (Å²) in [5.41, 5.74) is 3.93. The van der Waals surface area contributed by atoms with Crippen LogP contribution in [0.5, 0.6) is 17.2 Å². The highest BCUT2D eigenvalue weighted by Crippen LogP contribution is 2.33. The summed E-state index contributed by atoms with van der Waals surface area (Å²) in [7, 11) is 1.75. The molecule has 0 aliphatic carbocycles. The Kier molecular flexibility index (Phi) is 31.4. The molecule has 4 aromatic rings. The van der Waals surface area contributed by atoms with E-state index in [0.717, 1.165) is 123 Å². The maximum Gasteiger partial charge on any atom is 0.261 e. The zero-order valence-electron chi connectivity index (χ0n) is 60.3. The van der Waals surface area contributed by atoms with E-state index in [0.29, 0.717) is 0 Å². The number of aliphatic hydroxyl groups is 8. The Morgan fingerprint density at radius 1 is 0.682 bits per heavy atom. The number of piperidine rings is 1. The number of benzene rings is 4. The van der Waals surface area contributed by atoms with Crippen molar-refractivity contribution in [3.05, 3.63) is 102 Å². The van der Waals surface area contributed by atoms with Gasteiger partial charge in [0, 0.05) is 115 Å². The normalized spacial score (nSPS) is 25.1. The van der Waals surface area contributed by atoms with E-state index >= 15 is 4.79 Å². The lowest BCUT2D eigenvalue weighted by Gasteiger charge is -2.37. The molecule has 588 valence electrons. The van der Waals surface area contributed by atoms with Crippen molar-refractivity contribution < 1.29 is 108 Å². The Morgan fingerprint density at radius 2 is 1.30 bits per heavy atom. The van der Waals surface area contributed by atoms with Gasteiger partial charge >= 0.3 is 0 Å². The van der Waals surface area contributed by atoms with Crippen molar-refractivity contribution in [1.82, 2.24) is 46.6 Å². The van der Waals surface area contributed by atoms with Crippen molar-refractivity contribution in [2.75, 3.05) is 109 Å². The first-order valence-electron chi connectivity index (χ1n) is 36.4. The molecular formula is C73H103N11O22S. The Balaban J connectivity index is 0.895. The van der Waals surface area contributed by atoms with Gasteiger partial charge in [0.05, 0.1) is 55.9 Å². The molecule has 0 bridgehead atoms. The number of hydrogen-bond donors (Lipinski definition) is 16. The number of fused-ring (bicyclic) bond motifs is 2. The van der Waals surface area contributed by atoms with Crippen LogP contribution in [-0.2, 0) is 49.3 Å². The predicted molar refractivity (Wildman–Crippen MR) is 390 cm³/mol. The largest absolute Gasteiger partial charge is 0.504 e. The monoisotopic (exact) mass is 1520 g/mol. The zero-order valence-corrected chi connectivity index (χ0v) is 61.1. The van der Waals surface area contributed by atoms with Gasteiger partial charge in [0.25, 0.3) is 18.2 Å². The lowest BCUT2D eigenvalue weighted by Crippen LogP contribution is -2.64. The molecule has 107 heavy (non-hydrogen) atoms. The number of likely N-dealkylation sites (tertiary alicyclic amines) is 1. The molecule has 33 nitrogen and oxygen atoms in total. The molecule has 9 rings (SSSR count). The molecular weight excluding hydrogens is 1410 g/mol. The highest BCUT2D eigenvalue weighted by atomic mass is 32.2. The van der Waals surface area contributed by atoms with Gasteiger partial charge in [0.15, 0.2) is 11.5 Å². The van der Waals surface area contributed by atoms with Crippen LogP contribution in [0.1, 0.15) is 87.6 Å². The topological polar surface area (TPSA) is 456 Å². The van der Waals surface area contributed by atoms with Crippen LogP contribution in [0, 0.1) is 5.92 Å². The smallest absolute Gasteiger partial charge is 0.261 e. The van der Waals surface area contributed by atoms with E-state index in [1.807, 2.05) is 24.3 Å². The number of nitrogens with one attached hydrogen (secondary N) is 6. The van der Waals surface area contributed by atoms with E-state index in [2.05, 4.69) is 80.2 Å². The third-order valence-corrected chi connectivity index (χ3v) is 20.7. The first kappa shape index (κ1) is 83.0. The number of aromatic hydroxyl groups is 1. The predicted octanol–water partition coefficient (Wildman–Crippen LogP) is -0.920. The Labute approximate surface area is 625 Å². The fourth-order valence-electron chi connectivity index (χ4n) is 14.1. The second kappa shape index (κ2) is 40.4. The van der Waals surface area contributed by atoms with Crippen LogP contribution < -0.4 is 50.6 Å². The van der Waals surface area contributed by atoms with Crippen molar-refractivity contribution in [3.63, 3.8) is 0 Å². The minimum atomic E-state index is -2.16. The summed E-state index contributed by atoms with van der Waals surface area (Å²) in [5, 5.41) is 127. The number of hydrogen-bond acceptors (Lipinski definition) is 27. The molecule has 5 heterocycles. The molecule has 0 saturated carbocycles. The molecule has 5 aliphatic heterocycles. The van der Waals surface area contributed by atoms with Crippen molar-refractivity contribution in [1.29, 1.82) is 0 Å². The standard InChI is InChI=1S/C73H103N11O22S/c1-43-39-84-65(66(43)93)71(98)75-38-52(88)36-56(76-67(94)48-11-9-46(10-12-48)47-13-15-50(16-14-47)81-29-31-82(32-30-81)51-17-19-54(20-18-51)103-55-23-27-80(28-24-55)26-6-4-5-7-33-102-3)68(95)77-62(44(2)87)72(99)83-40-53(89)37-57(83)69(96)78-63(60(92)34-45-8-21-58(90)61(35-45)104-107-106-105-101)70(97)79-64(73(84)100)59(91)22-25-74-49(41-85)42-86/h8-21,35,43-44,49,52-53,55-57,59-60,62-66,74,85-93,101H,4-7,22-34,36-42H2,1-3H3,(H,75,98)(H,76,94)(H,77,95)(H,78,96)(H,79,97)/t43-,44+,52+,53+,56?,57-,59+,60+,62-,63-,64-,65-,66-/m0/s1. The Morgan fingerprint density at radius 3 is 1.93 bits per heavy atom. The van der Waals surface area contributed by atoms with Gasteiger partial charge in [-0.3, -0.25) is 33.6 Å². The number of ether oxygens (including phenoxy) is 2. The number of aliphatic hydroxyl groups excluding tert-OH is 8. The number of anilines is 2. The third kappa shape index (κ3) is 22.8.